The van der Waals surface area contributed by atoms with Crippen molar-refractivity contribution in [2.45, 2.75) is 19.1 Å². The van der Waals surface area contributed by atoms with Crippen molar-refractivity contribution >= 4 is 16.0 Å². The number of hydrogen-bond acceptors (Lipinski definition) is 5. The number of nitrogens with one attached hydrogen (secondary N) is 1. The first-order valence-electron chi connectivity index (χ1n) is 9.73. The van der Waals surface area contributed by atoms with Crippen LogP contribution in [-0.4, -0.2) is 68.0 Å². The van der Waals surface area contributed by atoms with E-state index in [2.05, 4.69) is 15.5 Å². The van der Waals surface area contributed by atoms with Crippen LogP contribution >= 0.6 is 0 Å². The monoisotopic (exact) mass is 441 g/mol. The topological polar surface area (TPSA) is 91.0 Å². The van der Waals surface area contributed by atoms with E-state index in [0.29, 0.717) is 62.9 Å². The zero-order valence-electron chi connectivity index (χ0n) is 16.7. The molecule has 0 spiro atoms. The highest BCUT2D eigenvalue weighted by Gasteiger charge is 2.29. The lowest BCUT2D eigenvalue weighted by Gasteiger charge is -2.35. The van der Waals surface area contributed by atoms with Gasteiger partial charge in [-0.2, -0.15) is 4.31 Å². The van der Waals surface area contributed by atoms with Gasteiger partial charge in [-0.15, -0.1) is 0 Å². The van der Waals surface area contributed by atoms with Gasteiger partial charge in [0.15, 0.2) is 5.96 Å². The lowest BCUT2D eigenvalue weighted by Crippen LogP contribution is -2.54. The zero-order valence-corrected chi connectivity index (χ0v) is 17.5. The second-order valence-electron chi connectivity index (χ2n) is 6.85. The van der Waals surface area contributed by atoms with E-state index in [9.17, 15) is 17.2 Å². The zero-order chi connectivity index (χ0) is 21.6. The Labute approximate surface area is 174 Å². The number of piperazine rings is 1. The standard InChI is InChI=1S/C19H25F2N5O3S/c1-2-22-19(23-7-5-15-3-4-16(20)13-18(15)21)25-8-10-26(11-9-25)30(27,28)14-17-6-12-29-24-17/h3-4,6,12-13H,2,5,7-11,14H2,1H3,(H,22,23). The van der Waals surface area contributed by atoms with Crippen molar-refractivity contribution in [1.82, 2.24) is 19.7 Å². The van der Waals surface area contributed by atoms with Gasteiger partial charge in [0.1, 0.15) is 23.7 Å². The molecule has 8 nitrogen and oxygen atoms in total. The number of benzene rings is 1. The largest absolute Gasteiger partial charge is 0.364 e. The highest BCUT2D eigenvalue weighted by atomic mass is 32.2. The van der Waals surface area contributed by atoms with Gasteiger partial charge >= 0.3 is 0 Å². The van der Waals surface area contributed by atoms with E-state index in [1.165, 1.54) is 28.8 Å². The highest BCUT2D eigenvalue weighted by Crippen LogP contribution is 2.13. The fraction of sp³-hybridized carbons (Fsp3) is 0.474. The maximum atomic E-state index is 13.8. The fourth-order valence-corrected chi connectivity index (χ4v) is 4.63. The van der Waals surface area contributed by atoms with Crippen molar-refractivity contribution in [3.63, 3.8) is 0 Å². The minimum atomic E-state index is -3.48. The molecule has 164 valence electrons. The molecule has 0 aliphatic carbocycles. The number of nitrogens with zero attached hydrogens (tertiary/aromatic N) is 4. The molecule has 1 aliphatic heterocycles. The second-order valence-corrected chi connectivity index (χ2v) is 8.82. The van der Waals surface area contributed by atoms with Gasteiger partial charge in [-0.25, -0.2) is 17.2 Å². The summed E-state index contributed by atoms with van der Waals surface area (Å²) >= 11 is 0. The van der Waals surface area contributed by atoms with E-state index in [1.54, 1.807) is 0 Å². The van der Waals surface area contributed by atoms with Gasteiger partial charge < -0.3 is 14.7 Å². The molecule has 0 bridgehead atoms. The van der Waals surface area contributed by atoms with Crippen LogP contribution in [0.1, 0.15) is 18.2 Å². The molecule has 1 aliphatic rings. The number of hydrogen-bond donors (Lipinski definition) is 1. The minimum Gasteiger partial charge on any atom is -0.364 e. The van der Waals surface area contributed by atoms with Gasteiger partial charge in [0.05, 0.1) is 5.69 Å². The van der Waals surface area contributed by atoms with Gasteiger partial charge in [0, 0.05) is 51.4 Å². The molecule has 0 saturated carbocycles. The molecule has 0 unspecified atom stereocenters. The molecular weight excluding hydrogens is 416 g/mol. The molecule has 1 aromatic heterocycles. The average Bonchev–Trinajstić information content (AvgIpc) is 3.21. The number of aromatic nitrogens is 1. The van der Waals surface area contributed by atoms with Crippen LogP contribution < -0.4 is 5.32 Å². The maximum absolute atomic E-state index is 13.8. The lowest BCUT2D eigenvalue weighted by atomic mass is 10.1. The van der Waals surface area contributed by atoms with Crippen molar-refractivity contribution in [3.05, 3.63) is 53.4 Å². The Balaban J connectivity index is 1.57. The summed E-state index contributed by atoms with van der Waals surface area (Å²) in [6.45, 7) is 4.54. The first-order chi connectivity index (χ1) is 14.4. The SMILES string of the molecule is CCNC(=NCCc1ccc(F)cc1F)N1CCN(S(=O)(=O)Cc2ccon2)CC1. The molecule has 11 heteroatoms. The van der Waals surface area contributed by atoms with Crippen molar-refractivity contribution in [2.24, 2.45) is 4.99 Å². The predicted molar refractivity (Wildman–Crippen MR) is 108 cm³/mol. The molecule has 1 N–H and O–H groups in total. The Morgan fingerprint density at radius 1 is 1.23 bits per heavy atom. The number of rotatable bonds is 7. The third-order valence-corrected chi connectivity index (χ3v) is 6.56. The summed E-state index contributed by atoms with van der Waals surface area (Å²) in [7, 11) is -3.48. The number of halogens is 2. The summed E-state index contributed by atoms with van der Waals surface area (Å²) in [4.78, 5) is 6.50. The van der Waals surface area contributed by atoms with Crippen LogP contribution in [0.3, 0.4) is 0 Å². The van der Waals surface area contributed by atoms with E-state index in [-0.39, 0.29) is 5.75 Å². The van der Waals surface area contributed by atoms with Gasteiger partial charge in [-0.3, -0.25) is 4.99 Å². The summed E-state index contributed by atoms with van der Waals surface area (Å²) < 4.78 is 58.1. The first-order valence-corrected chi connectivity index (χ1v) is 11.3. The molecule has 1 saturated heterocycles. The number of aliphatic imine (C=N–C) groups is 1. The summed E-state index contributed by atoms with van der Waals surface area (Å²) in [5, 5.41) is 6.85. The summed E-state index contributed by atoms with van der Waals surface area (Å²) in [5.74, 6) is -0.736. The summed E-state index contributed by atoms with van der Waals surface area (Å²) in [6.07, 6.45) is 1.69. The average molecular weight is 442 g/mol. The third kappa shape index (κ3) is 5.76. The van der Waals surface area contributed by atoms with E-state index < -0.39 is 21.7 Å². The Hall–Kier alpha value is -2.53. The molecule has 1 fully saturated rings. The number of guanidine groups is 1. The van der Waals surface area contributed by atoms with Crippen molar-refractivity contribution in [1.29, 1.82) is 0 Å². The second kappa shape index (κ2) is 9.98. The third-order valence-electron chi connectivity index (χ3n) is 4.75. The predicted octanol–water partition coefficient (Wildman–Crippen LogP) is 1.61. The smallest absolute Gasteiger partial charge is 0.220 e. The van der Waals surface area contributed by atoms with Crippen LogP contribution in [0.4, 0.5) is 8.78 Å². The van der Waals surface area contributed by atoms with E-state index >= 15 is 0 Å². The van der Waals surface area contributed by atoms with Crippen molar-refractivity contribution in [2.75, 3.05) is 39.3 Å². The van der Waals surface area contributed by atoms with Crippen molar-refractivity contribution < 1.29 is 21.7 Å². The molecule has 2 heterocycles. The van der Waals surface area contributed by atoms with Gasteiger partial charge in [0.25, 0.3) is 0 Å². The Morgan fingerprint density at radius 3 is 2.63 bits per heavy atom. The Kier molecular flexibility index (Phi) is 7.38. The van der Waals surface area contributed by atoms with Gasteiger partial charge in [0.2, 0.25) is 10.0 Å². The highest BCUT2D eigenvalue weighted by molar-refractivity contribution is 7.88. The van der Waals surface area contributed by atoms with Crippen molar-refractivity contribution in [3.8, 4) is 0 Å². The summed E-state index contributed by atoms with van der Waals surface area (Å²) in [6, 6.07) is 5.05. The van der Waals surface area contributed by atoms with Crippen LogP contribution in [0.25, 0.3) is 0 Å². The summed E-state index contributed by atoms with van der Waals surface area (Å²) in [5.41, 5.74) is 0.778. The van der Waals surface area contributed by atoms with Crippen LogP contribution in [0.2, 0.25) is 0 Å². The first kappa shape index (κ1) is 22.2. The van der Waals surface area contributed by atoms with Crippen LogP contribution in [0.5, 0.6) is 0 Å². The van der Waals surface area contributed by atoms with E-state index in [0.717, 1.165) is 6.07 Å². The van der Waals surface area contributed by atoms with Crippen LogP contribution in [0.15, 0.2) is 40.0 Å². The quantitative estimate of drug-likeness (QED) is 0.519. The lowest BCUT2D eigenvalue weighted by molar-refractivity contribution is 0.260. The maximum Gasteiger partial charge on any atom is 0.220 e. The fourth-order valence-electron chi connectivity index (χ4n) is 3.20. The molecule has 0 amide bonds. The normalized spacial score (nSPS) is 16.1. The molecule has 0 radical (unpaired) electrons. The Bertz CT molecular complexity index is 959. The molecule has 3 rings (SSSR count). The molecule has 30 heavy (non-hydrogen) atoms. The molecule has 1 aromatic carbocycles. The van der Waals surface area contributed by atoms with Crippen LogP contribution in [-0.2, 0) is 22.2 Å². The molecule has 2 aromatic rings. The van der Waals surface area contributed by atoms with Gasteiger partial charge in [-0.05, 0) is 25.0 Å². The minimum absolute atomic E-state index is 0.194. The van der Waals surface area contributed by atoms with E-state index in [4.69, 9.17) is 4.52 Å². The Morgan fingerprint density at radius 2 is 2.00 bits per heavy atom. The molecular formula is C19H25F2N5O3S. The van der Waals surface area contributed by atoms with E-state index in [1.807, 2.05) is 11.8 Å². The molecule has 0 atom stereocenters. The van der Waals surface area contributed by atoms with Crippen LogP contribution in [0, 0.1) is 11.6 Å². The number of sulfonamides is 1. The van der Waals surface area contributed by atoms with Gasteiger partial charge in [-0.1, -0.05) is 11.2 Å².